The summed E-state index contributed by atoms with van der Waals surface area (Å²) in [4.78, 5) is 15.2. The number of carbonyl (C=O) groups is 1. The third kappa shape index (κ3) is 6.52. The summed E-state index contributed by atoms with van der Waals surface area (Å²) < 4.78 is 27.2. The van der Waals surface area contributed by atoms with Gasteiger partial charge in [0.15, 0.2) is 0 Å². The Morgan fingerprint density at radius 1 is 1.14 bits per heavy atom. The van der Waals surface area contributed by atoms with Gasteiger partial charge in [-0.15, -0.1) is 0 Å². The summed E-state index contributed by atoms with van der Waals surface area (Å²) in [6, 6.07) is 6.52. The smallest absolute Gasteiger partial charge is 0.255 e. The van der Waals surface area contributed by atoms with Crippen LogP contribution in [-0.4, -0.2) is 45.3 Å². The number of unbranched alkanes of at least 4 members (excludes halogenated alkanes) is 2. The normalized spacial score (nSPS) is 13.6. The molecule has 0 bridgehead atoms. The largest absolute Gasteiger partial charge is 0.507 e. The lowest BCUT2D eigenvalue weighted by molar-refractivity contribution is 0.0933. The van der Waals surface area contributed by atoms with Gasteiger partial charge in [-0.05, 0) is 72.9 Å². The number of para-hydroxylation sites is 1. The van der Waals surface area contributed by atoms with Crippen LogP contribution < -0.4 is 14.9 Å². The molecule has 0 fully saturated rings. The quantitative estimate of drug-likeness (QED) is 0.369. The molecule has 8 heteroatoms. The van der Waals surface area contributed by atoms with E-state index in [-0.39, 0.29) is 22.6 Å². The molecule has 0 spiro atoms. The van der Waals surface area contributed by atoms with Gasteiger partial charge in [0.05, 0.1) is 17.5 Å². The minimum Gasteiger partial charge on any atom is -0.507 e. The van der Waals surface area contributed by atoms with Crippen LogP contribution in [0.3, 0.4) is 0 Å². The highest BCUT2D eigenvalue weighted by Gasteiger charge is 2.32. The van der Waals surface area contributed by atoms with E-state index < -0.39 is 10.0 Å². The van der Waals surface area contributed by atoms with Crippen LogP contribution in [0, 0.1) is 19.3 Å². The van der Waals surface area contributed by atoms with Gasteiger partial charge in [-0.1, -0.05) is 45.7 Å². The molecular formula is C28H41N3O4S. The number of phenols is 1. The van der Waals surface area contributed by atoms with Gasteiger partial charge in [0, 0.05) is 25.3 Å². The fraction of sp³-hybridized carbons (Fsp3) is 0.536. The molecule has 0 saturated carbocycles. The zero-order valence-corrected chi connectivity index (χ0v) is 23.3. The van der Waals surface area contributed by atoms with Gasteiger partial charge < -0.3 is 15.3 Å². The van der Waals surface area contributed by atoms with E-state index in [2.05, 4.69) is 35.7 Å². The number of benzene rings is 2. The molecule has 2 aromatic rings. The average molecular weight is 516 g/mol. The lowest BCUT2D eigenvalue weighted by atomic mass is 9.81. The Bertz CT molecular complexity index is 1220. The van der Waals surface area contributed by atoms with Crippen molar-refractivity contribution < 1.29 is 18.3 Å². The van der Waals surface area contributed by atoms with Gasteiger partial charge in [0.2, 0.25) is 10.0 Å². The van der Waals surface area contributed by atoms with E-state index in [9.17, 15) is 18.3 Å². The van der Waals surface area contributed by atoms with Crippen LogP contribution in [0.5, 0.6) is 5.75 Å². The lowest BCUT2D eigenvalue weighted by Gasteiger charge is -2.31. The Kier molecular flexibility index (Phi) is 8.59. The molecular weight excluding hydrogens is 474 g/mol. The SMILES string of the molecule is CCCCCN1CCc2c(C)c(NS(C)(=O)=O)c(C)c(CC(C)(C)CNC(=O)c3ccccc3O)c21. The van der Waals surface area contributed by atoms with E-state index in [4.69, 9.17) is 0 Å². The number of fused-ring (bicyclic) bond motifs is 1. The van der Waals surface area contributed by atoms with Crippen LogP contribution in [0.2, 0.25) is 0 Å². The topological polar surface area (TPSA) is 98.7 Å². The average Bonchev–Trinajstić information content (AvgIpc) is 3.22. The minimum absolute atomic E-state index is 0.0424. The summed E-state index contributed by atoms with van der Waals surface area (Å²) in [7, 11) is -3.43. The molecule has 0 aromatic heterocycles. The van der Waals surface area contributed by atoms with E-state index >= 15 is 0 Å². The molecule has 0 atom stereocenters. The first-order chi connectivity index (χ1) is 16.8. The number of phenolic OH excluding ortho intramolecular Hbond substituents is 1. The molecule has 0 radical (unpaired) electrons. The fourth-order valence-corrected chi connectivity index (χ4v) is 5.80. The molecule has 3 rings (SSSR count). The Hall–Kier alpha value is -2.74. The standard InChI is InChI=1S/C28H41N3O4S/c1-7-8-11-15-31-16-14-21-19(2)25(30-36(6,34)35)20(3)23(26(21)31)17-28(4,5)18-29-27(33)22-12-9-10-13-24(22)32/h9-10,12-13,30,32H,7-8,11,14-18H2,1-6H3,(H,29,33). The number of nitrogens with zero attached hydrogens (tertiary/aromatic N) is 1. The van der Waals surface area contributed by atoms with Crippen molar-refractivity contribution >= 4 is 27.3 Å². The van der Waals surface area contributed by atoms with Gasteiger partial charge in [-0.25, -0.2) is 8.42 Å². The van der Waals surface area contributed by atoms with Crippen LogP contribution in [0.1, 0.15) is 72.6 Å². The highest BCUT2D eigenvalue weighted by molar-refractivity contribution is 7.92. The van der Waals surface area contributed by atoms with Gasteiger partial charge in [0.25, 0.3) is 5.91 Å². The van der Waals surface area contributed by atoms with Gasteiger partial charge in [-0.3, -0.25) is 9.52 Å². The van der Waals surface area contributed by atoms with E-state index in [1.54, 1.807) is 18.2 Å². The first kappa shape index (κ1) is 27.8. The third-order valence-corrected chi connectivity index (χ3v) is 7.60. The molecule has 2 aromatic carbocycles. The Labute approximate surface area is 216 Å². The maximum absolute atomic E-state index is 12.7. The molecule has 1 heterocycles. The number of amides is 1. The molecule has 0 aliphatic carbocycles. The van der Waals surface area contributed by atoms with Gasteiger partial charge >= 0.3 is 0 Å². The van der Waals surface area contributed by atoms with E-state index in [0.29, 0.717) is 18.7 Å². The summed E-state index contributed by atoms with van der Waals surface area (Å²) in [5.41, 5.74) is 6.15. The van der Waals surface area contributed by atoms with Gasteiger partial charge in [0.1, 0.15) is 5.75 Å². The Morgan fingerprint density at radius 2 is 1.83 bits per heavy atom. The fourth-order valence-electron chi connectivity index (χ4n) is 5.12. The lowest BCUT2D eigenvalue weighted by Crippen LogP contribution is -2.36. The second kappa shape index (κ2) is 11.1. The highest BCUT2D eigenvalue weighted by Crippen LogP contribution is 2.43. The summed E-state index contributed by atoms with van der Waals surface area (Å²) >= 11 is 0. The number of aromatic hydroxyl groups is 1. The molecule has 36 heavy (non-hydrogen) atoms. The van der Waals surface area contributed by atoms with Crippen molar-refractivity contribution in [2.24, 2.45) is 5.41 Å². The third-order valence-electron chi connectivity index (χ3n) is 7.03. The number of rotatable bonds is 11. The van der Waals surface area contributed by atoms with Crippen LogP contribution in [0.4, 0.5) is 11.4 Å². The predicted octanol–water partition coefficient (Wildman–Crippen LogP) is 4.93. The number of carbonyl (C=O) groups excluding carboxylic acids is 1. The summed E-state index contributed by atoms with van der Waals surface area (Å²) in [6.07, 6.45) is 6.21. The van der Waals surface area contributed by atoms with Crippen molar-refractivity contribution in [3.63, 3.8) is 0 Å². The summed E-state index contributed by atoms with van der Waals surface area (Å²) in [6.45, 7) is 12.7. The first-order valence-electron chi connectivity index (χ1n) is 12.8. The monoisotopic (exact) mass is 515 g/mol. The molecule has 1 amide bonds. The zero-order chi connectivity index (χ0) is 26.7. The number of anilines is 2. The van der Waals surface area contributed by atoms with Crippen LogP contribution in [-0.2, 0) is 22.9 Å². The molecule has 0 saturated heterocycles. The van der Waals surface area contributed by atoms with Crippen molar-refractivity contribution in [1.29, 1.82) is 0 Å². The second-order valence-electron chi connectivity index (χ2n) is 10.8. The molecule has 1 aliphatic heterocycles. The number of nitrogens with one attached hydrogen (secondary N) is 2. The summed E-state index contributed by atoms with van der Waals surface area (Å²) in [5, 5.41) is 13.0. The van der Waals surface area contributed by atoms with Crippen molar-refractivity contribution in [3.8, 4) is 5.75 Å². The maximum Gasteiger partial charge on any atom is 0.255 e. The minimum atomic E-state index is -3.43. The number of sulfonamides is 1. The second-order valence-corrected chi connectivity index (χ2v) is 12.5. The predicted molar refractivity (Wildman–Crippen MR) is 148 cm³/mol. The van der Waals surface area contributed by atoms with E-state index in [0.717, 1.165) is 49.0 Å². The number of hydrogen-bond acceptors (Lipinski definition) is 5. The Balaban J connectivity index is 1.94. The van der Waals surface area contributed by atoms with Crippen LogP contribution in [0.15, 0.2) is 24.3 Å². The number of hydrogen-bond donors (Lipinski definition) is 3. The molecule has 0 unspecified atom stereocenters. The molecule has 7 nitrogen and oxygen atoms in total. The van der Waals surface area contributed by atoms with Crippen LogP contribution in [0.25, 0.3) is 0 Å². The van der Waals surface area contributed by atoms with E-state index in [1.165, 1.54) is 30.0 Å². The van der Waals surface area contributed by atoms with Crippen molar-refractivity contribution in [2.45, 2.75) is 66.7 Å². The first-order valence-corrected chi connectivity index (χ1v) is 14.7. The Morgan fingerprint density at radius 3 is 2.47 bits per heavy atom. The van der Waals surface area contributed by atoms with Gasteiger partial charge in [-0.2, -0.15) is 0 Å². The highest BCUT2D eigenvalue weighted by atomic mass is 32.2. The summed E-state index contributed by atoms with van der Waals surface area (Å²) in [5.74, 6) is -0.355. The maximum atomic E-state index is 12.7. The molecule has 3 N–H and O–H groups in total. The van der Waals surface area contributed by atoms with Crippen molar-refractivity contribution in [2.75, 3.05) is 35.5 Å². The van der Waals surface area contributed by atoms with Crippen molar-refractivity contribution in [1.82, 2.24) is 5.32 Å². The van der Waals surface area contributed by atoms with Crippen molar-refractivity contribution in [3.05, 3.63) is 52.1 Å². The molecule has 1 aliphatic rings. The molecule has 198 valence electrons. The van der Waals surface area contributed by atoms with E-state index in [1.807, 2.05) is 13.8 Å². The zero-order valence-electron chi connectivity index (χ0n) is 22.5. The van der Waals surface area contributed by atoms with Crippen LogP contribution >= 0.6 is 0 Å².